The highest BCUT2D eigenvalue weighted by Gasteiger charge is 2.16. The first-order valence-corrected chi connectivity index (χ1v) is 6.91. The van der Waals surface area contributed by atoms with E-state index >= 15 is 0 Å². The summed E-state index contributed by atoms with van der Waals surface area (Å²) in [5, 5.41) is 13.5. The van der Waals surface area contributed by atoms with E-state index in [1.807, 2.05) is 12.1 Å². The summed E-state index contributed by atoms with van der Waals surface area (Å²) in [5.74, 6) is 4.87. The number of nitro groups is 1. The highest BCUT2D eigenvalue weighted by atomic mass is 127. The predicted molar refractivity (Wildman–Crippen MR) is 88.0 cm³/mol. The first kappa shape index (κ1) is 15.2. The zero-order valence-corrected chi connectivity index (χ0v) is 12.8. The maximum atomic E-state index is 12.1. The van der Waals surface area contributed by atoms with Gasteiger partial charge in [-0.15, -0.1) is 0 Å². The molecule has 1 amide bonds. The molecule has 0 saturated heterocycles. The standard InChI is InChI=1S/C13H11IN4O3/c14-9-2-4-10(5-3-9)16-13(19)8-1-6-12(18(20)21)11(7-8)17-15/h1-7,17H,15H2,(H,16,19). The first-order chi connectivity index (χ1) is 10.0. The summed E-state index contributed by atoms with van der Waals surface area (Å²) >= 11 is 2.16. The zero-order valence-electron chi connectivity index (χ0n) is 10.7. The van der Waals surface area contributed by atoms with Crippen LogP contribution in [0.1, 0.15) is 10.4 Å². The van der Waals surface area contributed by atoms with Crippen molar-refractivity contribution in [3.05, 3.63) is 61.7 Å². The monoisotopic (exact) mass is 398 g/mol. The van der Waals surface area contributed by atoms with Gasteiger partial charge in [0.25, 0.3) is 11.6 Å². The topological polar surface area (TPSA) is 110 Å². The summed E-state index contributed by atoms with van der Waals surface area (Å²) in [7, 11) is 0. The number of hydrazine groups is 1. The van der Waals surface area contributed by atoms with E-state index < -0.39 is 4.92 Å². The second-order valence-corrected chi connectivity index (χ2v) is 5.34. The molecule has 0 aromatic heterocycles. The number of anilines is 2. The smallest absolute Gasteiger partial charge is 0.293 e. The van der Waals surface area contributed by atoms with Gasteiger partial charge in [0, 0.05) is 20.9 Å². The second kappa shape index (κ2) is 6.50. The van der Waals surface area contributed by atoms with Crippen molar-refractivity contribution in [2.45, 2.75) is 0 Å². The molecule has 2 aromatic carbocycles. The quantitative estimate of drug-likeness (QED) is 0.318. The van der Waals surface area contributed by atoms with Crippen molar-refractivity contribution in [2.24, 2.45) is 5.84 Å². The molecular formula is C13H11IN4O3. The van der Waals surface area contributed by atoms with Crippen LogP contribution < -0.4 is 16.6 Å². The van der Waals surface area contributed by atoms with Gasteiger partial charge in [-0.3, -0.25) is 20.8 Å². The Morgan fingerprint density at radius 3 is 2.43 bits per heavy atom. The Balaban J connectivity index is 2.23. The Bertz CT molecular complexity index is 688. The molecule has 0 fully saturated rings. The fraction of sp³-hybridized carbons (Fsp3) is 0. The van der Waals surface area contributed by atoms with Gasteiger partial charge in [-0.1, -0.05) is 0 Å². The van der Waals surface area contributed by atoms with Crippen LogP contribution in [0.3, 0.4) is 0 Å². The number of amides is 1. The van der Waals surface area contributed by atoms with Crippen LogP contribution in [0.25, 0.3) is 0 Å². The van der Waals surface area contributed by atoms with E-state index in [1.54, 1.807) is 12.1 Å². The number of rotatable bonds is 4. The van der Waals surface area contributed by atoms with Gasteiger partial charge in [-0.05, 0) is 59.0 Å². The molecule has 0 aliphatic rings. The lowest BCUT2D eigenvalue weighted by Gasteiger charge is -2.07. The molecule has 2 aromatic rings. The Hall–Kier alpha value is -2.20. The third-order valence-electron chi connectivity index (χ3n) is 2.71. The van der Waals surface area contributed by atoms with E-state index in [9.17, 15) is 14.9 Å². The van der Waals surface area contributed by atoms with Crippen molar-refractivity contribution in [2.75, 3.05) is 10.7 Å². The van der Waals surface area contributed by atoms with Crippen molar-refractivity contribution in [1.82, 2.24) is 0 Å². The van der Waals surface area contributed by atoms with Crippen molar-refractivity contribution in [3.63, 3.8) is 0 Å². The van der Waals surface area contributed by atoms with E-state index in [1.165, 1.54) is 18.2 Å². The van der Waals surface area contributed by atoms with Crippen LogP contribution in [-0.2, 0) is 0 Å². The molecular weight excluding hydrogens is 387 g/mol. The van der Waals surface area contributed by atoms with Gasteiger partial charge >= 0.3 is 0 Å². The van der Waals surface area contributed by atoms with Crippen molar-refractivity contribution < 1.29 is 9.72 Å². The van der Waals surface area contributed by atoms with Gasteiger partial charge in [0.05, 0.1) is 4.92 Å². The summed E-state index contributed by atoms with van der Waals surface area (Å²) in [6, 6.07) is 11.2. The van der Waals surface area contributed by atoms with E-state index in [2.05, 4.69) is 33.3 Å². The van der Waals surface area contributed by atoms with Gasteiger partial charge in [-0.25, -0.2) is 0 Å². The number of nitro benzene ring substituents is 1. The Labute approximate surface area is 133 Å². The number of nitrogens with two attached hydrogens (primary N) is 1. The van der Waals surface area contributed by atoms with Crippen molar-refractivity contribution in [3.8, 4) is 0 Å². The van der Waals surface area contributed by atoms with Crippen LogP contribution in [0.4, 0.5) is 17.1 Å². The molecule has 8 heteroatoms. The molecule has 0 heterocycles. The molecule has 0 atom stereocenters. The minimum absolute atomic E-state index is 0.0789. The molecule has 0 saturated carbocycles. The Morgan fingerprint density at radius 1 is 1.19 bits per heavy atom. The number of nitrogens with one attached hydrogen (secondary N) is 2. The second-order valence-electron chi connectivity index (χ2n) is 4.09. The molecule has 4 N–H and O–H groups in total. The summed E-state index contributed by atoms with van der Waals surface area (Å²) in [4.78, 5) is 22.3. The number of hydrogen-bond donors (Lipinski definition) is 3. The molecule has 7 nitrogen and oxygen atoms in total. The van der Waals surface area contributed by atoms with Crippen LogP contribution in [0, 0.1) is 13.7 Å². The molecule has 0 aliphatic heterocycles. The largest absolute Gasteiger partial charge is 0.322 e. The molecule has 0 unspecified atom stereocenters. The first-order valence-electron chi connectivity index (χ1n) is 5.83. The van der Waals surface area contributed by atoms with Crippen LogP contribution in [0.15, 0.2) is 42.5 Å². The number of hydrogen-bond acceptors (Lipinski definition) is 5. The van der Waals surface area contributed by atoms with Gasteiger partial charge in [0.1, 0.15) is 5.69 Å². The maximum absolute atomic E-state index is 12.1. The van der Waals surface area contributed by atoms with Crippen LogP contribution >= 0.6 is 22.6 Å². The highest BCUT2D eigenvalue weighted by Crippen LogP contribution is 2.25. The Morgan fingerprint density at radius 2 is 1.86 bits per heavy atom. The molecule has 2 rings (SSSR count). The number of carbonyl (C=O) groups is 1. The van der Waals surface area contributed by atoms with Gasteiger partial charge < -0.3 is 10.7 Å². The normalized spacial score (nSPS) is 10.0. The number of halogens is 1. The summed E-state index contributed by atoms with van der Waals surface area (Å²) in [5.41, 5.74) is 3.02. The average Bonchev–Trinajstić information content (AvgIpc) is 2.48. The molecule has 0 spiro atoms. The molecule has 0 radical (unpaired) electrons. The molecule has 0 aliphatic carbocycles. The van der Waals surface area contributed by atoms with Gasteiger partial charge in [0.2, 0.25) is 0 Å². The van der Waals surface area contributed by atoms with Crippen LogP contribution in [0.2, 0.25) is 0 Å². The number of carbonyl (C=O) groups excluding carboxylic acids is 1. The number of benzene rings is 2. The fourth-order valence-electron chi connectivity index (χ4n) is 1.69. The summed E-state index contributed by atoms with van der Waals surface area (Å²) in [6.45, 7) is 0. The van der Waals surface area contributed by atoms with E-state index in [4.69, 9.17) is 5.84 Å². The maximum Gasteiger partial charge on any atom is 0.293 e. The minimum Gasteiger partial charge on any atom is -0.322 e. The summed E-state index contributed by atoms with van der Waals surface area (Å²) < 4.78 is 1.05. The third kappa shape index (κ3) is 3.67. The van der Waals surface area contributed by atoms with Crippen LogP contribution in [0.5, 0.6) is 0 Å². The SMILES string of the molecule is NNc1cc(C(=O)Nc2ccc(I)cc2)ccc1[N+](=O)[O-]. The van der Waals surface area contributed by atoms with E-state index in [0.717, 1.165) is 3.57 Å². The van der Waals surface area contributed by atoms with E-state index in [0.29, 0.717) is 5.69 Å². The molecule has 0 bridgehead atoms. The Kier molecular flexibility index (Phi) is 4.70. The summed E-state index contributed by atoms with van der Waals surface area (Å²) in [6.07, 6.45) is 0. The third-order valence-corrected chi connectivity index (χ3v) is 3.43. The van der Waals surface area contributed by atoms with Crippen molar-refractivity contribution >= 4 is 45.6 Å². The number of nitrogens with zero attached hydrogens (tertiary/aromatic N) is 1. The van der Waals surface area contributed by atoms with Gasteiger partial charge in [-0.2, -0.15) is 0 Å². The minimum atomic E-state index is -0.573. The molecule has 108 valence electrons. The predicted octanol–water partition coefficient (Wildman–Crippen LogP) is 2.74. The number of nitrogen functional groups attached to an aromatic ring is 1. The fourth-order valence-corrected chi connectivity index (χ4v) is 2.05. The lowest BCUT2D eigenvalue weighted by atomic mass is 10.1. The zero-order chi connectivity index (χ0) is 15.4. The highest BCUT2D eigenvalue weighted by molar-refractivity contribution is 14.1. The molecule has 21 heavy (non-hydrogen) atoms. The van der Waals surface area contributed by atoms with Gasteiger partial charge in [0.15, 0.2) is 0 Å². The van der Waals surface area contributed by atoms with E-state index in [-0.39, 0.29) is 22.8 Å². The lowest BCUT2D eigenvalue weighted by Crippen LogP contribution is -2.14. The van der Waals surface area contributed by atoms with Crippen LogP contribution in [-0.4, -0.2) is 10.8 Å². The lowest BCUT2D eigenvalue weighted by molar-refractivity contribution is -0.384. The average molecular weight is 398 g/mol. The van der Waals surface area contributed by atoms with Crippen molar-refractivity contribution in [1.29, 1.82) is 0 Å².